The van der Waals surface area contributed by atoms with E-state index in [-0.39, 0.29) is 6.42 Å². The van der Waals surface area contributed by atoms with Gasteiger partial charge in [-0.25, -0.2) is 0 Å². The molecule has 5 heteroatoms. The number of benzene rings is 1. The lowest BCUT2D eigenvalue weighted by Gasteiger charge is -2.15. The van der Waals surface area contributed by atoms with E-state index in [0.29, 0.717) is 12.2 Å². The van der Waals surface area contributed by atoms with Crippen LogP contribution >= 0.6 is 11.8 Å². The van der Waals surface area contributed by atoms with E-state index in [1.54, 1.807) is 26.0 Å². The van der Waals surface area contributed by atoms with Gasteiger partial charge < -0.3 is 14.6 Å². The van der Waals surface area contributed by atoms with Crippen LogP contribution in [0, 0.1) is 0 Å². The van der Waals surface area contributed by atoms with Crippen LogP contribution in [0.5, 0.6) is 11.5 Å². The van der Waals surface area contributed by atoms with Gasteiger partial charge in [0.25, 0.3) is 0 Å². The van der Waals surface area contributed by atoms with Crippen molar-refractivity contribution in [1.29, 1.82) is 0 Å². The number of carboxylic acid groups (broad SMARTS) is 1. The van der Waals surface area contributed by atoms with Gasteiger partial charge in [0.2, 0.25) is 0 Å². The summed E-state index contributed by atoms with van der Waals surface area (Å²) in [5.41, 5.74) is 1.10. The molecule has 1 aromatic carbocycles. The maximum Gasteiger partial charge on any atom is 0.303 e. The Kier molecular flexibility index (Phi) is 5.85. The predicted octanol–water partition coefficient (Wildman–Crippen LogP) is 2.83. The Morgan fingerprint density at radius 1 is 1.33 bits per heavy atom. The SMILES string of the molecule is COc1ccc(CCCC(=O)O)c(SC)c1OC. The fourth-order valence-electron chi connectivity index (χ4n) is 1.79. The monoisotopic (exact) mass is 270 g/mol. The minimum Gasteiger partial charge on any atom is -0.493 e. The van der Waals surface area contributed by atoms with E-state index in [9.17, 15) is 4.79 Å². The van der Waals surface area contributed by atoms with E-state index >= 15 is 0 Å². The second-order valence-corrected chi connectivity index (χ2v) is 4.56. The van der Waals surface area contributed by atoms with Crippen molar-refractivity contribution in [1.82, 2.24) is 0 Å². The number of methoxy groups -OCH3 is 2. The van der Waals surface area contributed by atoms with E-state index in [4.69, 9.17) is 14.6 Å². The molecule has 100 valence electrons. The molecule has 0 fully saturated rings. The Morgan fingerprint density at radius 2 is 2.06 bits per heavy atom. The molecule has 0 aliphatic rings. The lowest BCUT2D eigenvalue weighted by molar-refractivity contribution is -0.137. The van der Waals surface area contributed by atoms with Crippen LogP contribution < -0.4 is 9.47 Å². The van der Waals surface area contributed by atoms with Crippen molar-refractivity contribution in [3.8, 4) is 11.5 Å². The highest BCUT2D eigenvalue weighted by molar-refractivity contribution is 7.98. The molecule has 0 saturated carbocycles. The Balaban J connectivity index is 2.94. The lowest BCUT2D eigenvalue weighted by Crippen LogP contribution is -1.99. The molecule has 0 radical (unpaired) electrons. The fourth-order valence-corrected chi connectivity index (χ4v) is 2.59. The van der Waals surface area contributed by atoms with E-state index in [2.05, 4.69) is 0 Å². The molecule has 0 bridgehead atoms. The number of carboxylic acids is 1. The lowest BCUT2D eigenvalue weighted by atomic mass is 10.1. The van der Waals surface area contributed by atoms with Crippen LogP contribution in [0.25, 0.3) is 0 Å². The summed E-state index contributed by atoms with van der Waals surface area (Å²) in [4.78, 5) is 11.5. The van der Waals surface area contributed by atoms with Crippen molar-refractivity contribution >= 4 is 17.7 Å². The number of rotatable bonds is 7. The predicted molar refractivity (Wildman–Crippen MR) is 71.9 cm³/mol. The van der Waals surface area contributed by atoms with Crippen molar-refractivity contribution in [2.45, 2.75) is 24.2 Å². The first-order valence-electron chi connectivity index (χ1n) is 5.63. The maximum atomic E-state index is 10.5. The zero-order valence-corrected chi connectivity index (χ0v) is 11.7. The van der Waals surface area contributed by atoms with Gasteiger partial charge in [0.05, 0.1) is 19.1 Å². The van der Waals surface area contributed by atoms with Gasteiger partial charge in [0.15, 0.2) is 11.5 Å². The topological polar surface area (TPSA) is 55.8 Å². The number of carbonyl (C=O) groups is 1. The van der Waals surface area contributed by atoms with Gasteiger partial charge in [0, 0.05) is 6.42 Å². The highest BCUT2D eigenvalue weighted by Gasteiger charge is 2.14. The molecule has 4 nitrogen and oxygen atoms in total. The number of ether oxygens (including phenoxy) is 2. The Labute approximate surface area is 111 Å². The van der Waals surface area contributed by atoms with E-state index in [1.807, 2.05) is 18.4 Å². The zero-order valence-electron chi connectivity index (χ0n) is 10.9. The highest BCUT2D eigenvalue weighted by Crippen LogP contribution is 2.39. The normalized spacial score (nSPS) is 10.2. The molecule has 18 heavy (non-hydrogen) atoms. The average molecular weight is 270 g/mol. The summed E-state index contributed by atoms with van der Waals surface area (Å²) in [5.74, 6) is 0.655. The summed E-state index contributed by atoms with van der Waals surface area (Å²) in [6.45, 7) is 0. The molecule has 0 heterocycles. The van der Waals surface area contributed by atoms with Gasteiger partial charge in [-0.2, -0.15) is 0 Å². The second-order valence-electron chi connectivity index (χ2n) is 3.74. The van der Waals surface area contributed by atoms with Gasteiger partial charge >= 0.3 is 5.97 Å². The number of hydrogen-bond acceptors (Lipinski definition) is 4. The van der Waals surface area contributed by atoms with Gasteiger partial charge in [-0.05, 0) is 30.7 Å². The van der Waals surface area contributed by atoms with E-state index < -0.39 is 5.97 Å². The van der Waals surface area contributed by atoms with Crippen LogP contribution in [0.2, 0.25) is 0 Å². The van der Waals surface area contributed by atoms with Crippen LogP contribution in [-0.4, -0.2) is 31.6 Å². The molecule has 0 amide bonds. The summed E-state index contributed by atoms with van der Waals surface area (Å²) in [6, 6.07) is 3.82. The molecule has 0 aliphatic heterocycles. The van der Waals surface area contributed by atoms with Crippen molar-refractivity contribution in [2.24, 2.45) is 0 Å². The third-order valence-corrected chi connectivity index (χ3v) is 3.48. The largest absolute Gasteiger partial charge is 0.493 e. The van der Waals surface area contributed by atoms with Crippen LogP contribution in [0.3, 0.4) is 0 Å². The van der Waals surface area contributed by atoms with Crippen molar-refractivity contribution in [3.05, 3.63) is 17.7 Å². The molecule has 0 aliphatic carbocycles. The Morgan fingerprint density at radius 3 is 2.56 bits per heavy atom. The summed E-state index contributed by atoms with van der Waals surface area (Å²) >= 11 is 1.58. The average Bonchev–Trinajstić information content (AvgIpc) is 2.37. The molecule has 0 aromatic heterocycles. The first-order chi connectivity index (χ1) is 8.63. The third kappa shape index (κ3) is 3.57. The number of hydrogen-bond donors (Lipinski definition) is 1. The summed E-state index contributed by atoms with van der Waals surface area (Å²) < 4.78 is 10.6. The number of aliphatic carboxylic acids is 1. The molecule has 1 aromatic rings. The van der Waals surface area contributed by atoms with Crippen LogP contribution in [0.4, 0.5) is 0 Å². The van der Waals surface area contributed by atoms with Gasteiger partial charge in [0.1, 0.15) is 0 Å². The second kappa shape index (κ2) is 7.16. The quantitative estimate of drug-likeness (QED) is 0.772. The van der Waals surface area contributed by atoms with Crippen LogP contribution in [0.15, 0.2) is 17.0 Å². The third-order valence-electron chi connectivity index (χ3n) is 2.62. The van der Waals surface area contributed by atoms with E-state index in [1.165, 1.54) is 0 Å². The summed E-state index contributed by atoms with van der Waals surface area (Å²) in [7, 11) is 3.21. The highest BCUT2D eigenvalue weighted by atomic mass is 32.2. The molecular formula is C13H18O4S. The van der Waals surface area contributed by atoms with Gasteiger partial charge in [-0.1, -0.05) is 6.07 Å². The van der Waals surface area contributed by atoms with Crippen LogP contribution in [0.1, 0.15) is 18.4 Å². The number of aryl methyl sites for hydroxylation is 1. The standard InChI is InChI=1S/C13H18O4S/c1-16-10-8-7-9(5-4-6-11(14)15)13(18-3)12(10)17-2/h7-8H,4-6H2,1-3H3,(H,14,15). The first-order valence-corrected chi connectivity index (χ1v) is 6.86. The fraction of sp³-hybridized carbons (Fsp3) is 0.462. The summed E-state index contributed by atoms with van der Waals surface area (Å²) in [6.07, 6.45) is 3.50. The molecule has 0 atom stereocenters. The minimum absolute atomic E-state index is 0.183. The van der Waals surface area contributed by atoms with Gasteiger partial charge in [-0.15, -0.1) is 11.8 Å². The smallest absolute Gasteiger partial charge is 0.303 e. The van der Waals surface area contributed by atoms with E-state index in [0.717, 1.165) is 22.6 Å². The Hall–Kier alpha value is -1.36. The molecule has 0 saturated heterocycles. The minimum atomic E-state index is -0.763. The molecule has 1 N–H and O–H groups in total. The van der Waals surface area contributed by atoms with Crippen LogP contribution in [-0.2, 0) is 11.2 Å². The van der Waals surface area contributed by atoms with Crippen molar-refractivity contribution in [2.75, 3.05) is 20.5 Å². The summed E-state index contributed by atoms with van der Waals surface area (Å²) in [5, 5.41) is 8.65. The van der Waals surface area contributed by atoms with Crippen molar-refractivity contribution in [3.63, 3.8) is 0 Å². The maximum absolute atomic E-state index is 10.5. The molecule has 0 unspecified atom stereocenters. The van der Waals surface area contributed by atoms with Gasteiger partial charge in [-0.3, -0.25) is 4.79 Å². The zero-order chi connectivity index (χ0) is 13.5. The Bertz CT molecular complexity index is 418. The molecular weight excluding hydrogens is 252 g/mol. The number of thioether (sulfide) groups is 1. The molecule has 0 spiro atoms. The molecule has 1 rings (SSSR count). The first kappa shape index (κ1) is 14.7. The van der Waals surface area contributed by atoms with Crippen molar-refractivity contribution < 1.29 is 19.4 Å².